The van der Waals surface area contributed by atoms with Crippen molar-refractivity contribution in [2.24, 2.45) is 0 Å². The molecule has 0 saturated carbocycles. The van der Waals surface area contributed by atoms with Crippen molar-refractivity contribution in [2.45, 2.75) is 18.9 Å². The summed E-state index contributed by atoms with van der Waals surface area (Å²) in [6, 6.07) is 5.31. The van der Waals surface area contributed by atoms with E-state index in [2.05, 4.69) is 5.32 Å². The molecule has 0 fully saturated rings. The Kier molecular flexibility index (Phi) is 5.52. The predicted octanol–water partition coefficient (Wildman–Crippen LogP) is 0.282. The molecular weight excluding hydrogens is 266 g/mol. The summed E-state index contributed by atoms with van der Waals surface area (Å²) in [6.07, 6.45) is -0.722. The lowest BCUT2D eigenvalue weighted by Crippen LogP contribution is -2.42. The standard InChI is InChI=1S/C13H15NO6/c1-20-9-4-2-3-8(5-9)6-11(15)14-10(13(18)19)7-12(16)17/h2-5,10H,6-7H2,1H3,(H,14,15)(H,16,17)(H,18,19)/t10-/m0/s1. The fraction of sp³-hybridized carbons (Fsp3) is 0.308. The van der Waals surface area contributed by atoms with Crippen LogP contribution < -0.4 is 10.1 Å². The number of amides is 1. The molecule has 0 radical (unpaired) electrons. The molecule has 0 aromatic heterocycles. The third kappa shape index (κ3) is 4.97. The summed E-state index contributed by atoms with van der Waals surface area (Å²) in [4.78, 5) is 33.0. The zero-order valence-corrected chi connectivity index (χ0v) is 10.8. The highest BCUT2D eigenvalue weighted by Crippen LogP contribution is 2.12. The second-order valence-electron chi connectivity index (χ2n) is 4.08. The number of carbonyl (C=O) groups excluding carboxylic acids is 1. The van der Waals surface area contributed by atoms with Gasteiger partial charge in [-0.25, -0.2) is 4.79 Å². The molecule has 7 nitrogen and oxygen atoms in total. The summed E-state index contributed by atoms with van der Waals surface area (Å²) in [5, 5.41) is 19.6. The van der Waals surface area contributed by atoms with Crippen LogP contribution in [0.3, 0.4) is 0 Å². The van der Waals surface area contributed by atoms with E-state index in [-0.39, 0.29) is 6.42 Å². The number of hydrogen-bond donors (Lipinski definition) is 3. The van der Waals surface area contributed by atoms with Crippen molar-refractivity contribution in [1.29, 1.82) is 0 Å². The van der Waals surface area contributed by atoms with E-state index in [1.165, 1.54) is 7.11 Å². The Morgan fingerprint density at radius 3 is 2.55 bits per heavy atom. The van der Waals surface area contributed by atoms with Crippen molar-refractivity contribution in [3.63, 3.8) is 0 Å². The number of benzene rings is 1. The smallest absolute Gasteiger partial charge is 0.326 e. The summed E-state index contributed by atoms with van der Waals surface area (Å²) < 4.78 is 5.00. The van der Waals surface area contributed by atoms with Crippen molar-refractivity contribution in [3.05, 3.63) is 29.8 Å². The second kappa shape index (κ2) is 7.13. The predicted molar refractivity (Wildman–Crippen MR) is 68.5 cm³/mol. The van der Waals surface area contributed by atoms with Crippen molar-refractivity contribution < 1.29 is 29.3 Å². The first kappa shape index (κ1) is 15.5. The SMILES string of the molecule is COc1cccc(CC(=O)N[C@@H](CC(=O)O)C(=O)O)c1. The van der Waals surface area contributed by atoms with Gasteiger partial charge < -0.3 is 20.3 Å². The minimum absolute atomic E-state index is 0.0550. The fourth-order valence-electron chi connectivity index (χ4n) is 1.59. The van der Waals surface area contributed by atoms with Crippen molar-refractivity contribution >= 4 is 17.8 Å². The average molecular weight is 281 g/mol. The largest absolute Gasteiger partial charge is 0.497 e. The van der Waals surface area contributed by atoms with E-state index in [9.17, 15) is 14.4 Å². The van der Waals surface area contributed by atoms with Crippen LogP contribution >= 0.6 is 0 Å². The second-order valence-corrected chi connectivity index (χ2v) is 4.08. The molecule has 0 bridgehead atoms. The van der Waals surface area contributed by atoms with Crippen molar-refractivity contribution in [2.75, 3.05) is 7.11 Å². The van der Waals surface area contributed by atoms with Gasteiger partial charge >= 0.3 is 11.9 Å². The average Bonchev–Trinajstić information content (AvgIpc) is 2.37. The summed E-state index contributed by atoms with van der Waals surface area (Å²) in [7, 11) is 1.49. The third-order valence-corrected chi connectivity index (χ3v) is 2.51. The Labute approximate surface area is 115 Å². The molecular formula is C13H15NO6. The van der Waals surface area contributed by atoms with Gasteiger partial charge in [-0.15, -0.1) is 0 Å². The number of nitrogens with one attached hydrogen (secondary N) is 1. The maximum atomic E-state index is 11.7. The highest BCUT2D eigenvalue weighted by Gasteiger charge is 2.22. The number of aliphatic carboxylic acids is 2. The molecule has 1 amide bonds. The molecule has 1 atom stereocenters. The Hall–Kier alpha value is -2.57. The fourth-order valence-corrected chi connectivity index (χ4v) is 1.59. The molecule has 0 saturated heterocycles. The quantitative estimate of drug-likeness (QED) is 0.661. The number of rotatable bonds is 7. The Morgan fingerprint density at radius 1 is 1.30 bits per heavy atom. The molecule has 20 heavy (non-hydrogen) atoms. The van der Waals surface area contributed by atoms with Gasteiger partial charge in [0.1, 0.15) is 11.8 Å². The summed E-state index contributed by atoms with van der Waals surface area (Å²) >= 11 is 0. The minimum atomic E-state index is -1.44. The minimum Gasteiger partial charge on any atom is -0.497 e. The van der Waals surface area contributed by atoms with E-state index < -0.39 is 30.3 Å². The van der Waals surface area contributed by atoms with Gasteiger partial charge in [0, 0.05) is 0 Å². The van der Waals surface area contributed by atoms with Crippen molar-refractivity contribution in [3.8, 4) is 5.75 Å². The number of hydrogen-bond acceptors (Lipinski definition) is 4. The Morgan fingerprint density at radius 2 is 2.00 bits per heavy atom. The first-order valence-electron chi connectivity index (χ1n) is 5.79. The van der Waals surface area contributed by atoms with Crippen LogP contribution in [0.2, 0.25) is 0 Å². The van der Waals surface area contributed by atoms with Crippen LogP contribution in [0.5, 0.6) is 5.75 Å². The maximum absolute atomic E-state index is 11.7. The molecule has 3 N–H and O–H groups in total. The van der Waals surface area contributed by atoms with Crippen LogP contribution in [-0.2, 0) is 20.8 Å². The van der Waals surface area contributed by atoms with Gasteiger partial charge in [0.05, 0.1) is 20.0 Å². The molecule has 0 aliphatic carbocycles. The molecule has 0 aliphatic rings. The van der Waals surface area contributed by atoms with E-state index in [1.807, 2.05) is 0 Å². The monoisotopic (exact) mass is 281 g/mol. The van der Waals surface area contributed by atoms with E-state index in [4.69, 9.17) is 14.9 Å². The lowest BCUT2D eigenvalue weighted by Gasteiger charge is -2.12. The number of carboxylic acids is 2. The van der Waals surface area contributed by atoms with Gasteiger partial charge in [-0.2, -0.15) is 0 Å². The topological polar surface area (TPSA) is 113 Å². The van der Waals surface area contributed by atoms with Gasteiger partial charge in [-0.3, -0.25) is 9.59 Å². The normalized spacial score (nSPS) is 11.4. The van der Waals surface area contributed by atoms with Gasteiger partial charge in [-0.05, 0) is 17.7 Å². The van der Waals surface area contributed by atoms with Gasteiger partial charge in [-0.1, -0.05) is 12.1 Å². The molecule has 0 spiro atoms. The molecule has 1 aromatic carbocycles. The molecule has 108 valence electrons. The van der Waals surface area contributed by atoms with Crippen molar-refractivity contribution in [1.82, 2.24) is 5.32 Å². The maximum Gasteiger partial charge on any atom is 0.326 e. The first-order chi connectivity index (χ1) is 9.42. The Bertz CT molecular complexity index is 513. The third-order valence-electron chi connectivity index (χ3n) is 2.51. The number of carboxylic acid groups (broad SMARTS) is 2. The Balaban J connectivity index is 2.65. The lowest BCUT2D eigenvalue weighted by atomic mass is 10.1. The number of ether oxygens (including phenoxy) is 1. The van der Waals surface area contributed by atoms with Crippen LogP contribution in [0.15, 0.2) is 24.3 Å². The van der Waals surface area contributed by atoms with Crippen LogP contribution in [0.4, 0.5) is 0 Å². The zero-order chi connectivity index (χ0) is 15.1. The molecule has 7 heteroatoms. The van der Waals surface area contributed by atoms with Gasteiger partial charge in [0.2, 0.25) is 5.91 Å². The number of carbonyl (C=O) groups is 3. The lowest BCUT2D eigenvalue weighted by molar-refractivity contribution is -0.147. The first-order valence-corrected chi connectivity index (χ1v) is 5.79. The van der Waals surface area contributed by atoms with E-state index in [1.54, 1.807) is 24.3 Å². The summed E-state index contributed by atoms with van der Waals surface area (Å²) in [6.45, 7) is 0. The highest BCUT2D eigenvalue weighted by atomic mass is 16.5. The molecule has 0 aliphatic heterocycles. The summed E-state index contributed by atoms with van der Waals surface area (Å²) in [5.41, 5.74) is 0.640. The van der Waals surface area contributed by atoms with Gasteiger partial charge in [0.25, 0.3) is 0 Å². The zero-order valence-electron chi connectivity index (χ0n) is 10.8. The molecule has 0 unspecified atom stereocenters. The van der Waals surface area contributed by atoms with Crippen LogP contribution in [0, 0.1) is 0 Å². The van der Waals surface area contributed by atoms with Crippen LogP contribution in [0.25, 0.3) is 0 Å². The number of methoxy groups -OCH3 is 1. The van der Waals surface area contributed by atoms with E-state index in [0.29, 0.717) is 11.3 Å². The van der Waals surface area contributed by atoms with E-state index >= 15 is 0 Å². The van der Waals surface area contributed by atoms with Crippen LogP contribution in [-0.4, -0.2) is 41.2 Å². The van der Waals surface area contributed by atoms with E-state index in [0.717, 1.165) is 0 Å². The van der Waals surface area contributed by atoms with Crippen LogP contribution in [0.1, 0.15) is 12.0 Å². The summed E-state index contributed by atoms with van der Waals surface area (Å²) in [5.74, 6) is -2.66. The molecule has 1 rings (SSSR count). The van der Waals surface area contributed by atoms with Gasteiger partial charge in [0.15, 0.2) is 0 Å². The molecule has 0 heterocycles. The molecule has 1 aromatic rings. The highest BCUT2D eigenvalue weighted by molar-refractivity contribution is 5.87.